The smallest absolute Gasteiger partial charge is 0.0714 e. The summed E-state index contributed by atoms with van der Waals surface area (Å²) in [5.41, 5.74) is 13.6. The van der Waals surface area contributed by atoms with Crippen LogP contribution in [0.4, 0.5) is 0 Å². The lowest BCUT2D eigenvalue weighted by Crippen LogP contribution is -2.29. The van der Waals surface area contributed by atoms with Gasteiger partial charge in [-0.05, 0) is 49.2 Å². The molecule has 3 nitrogen and oxygen atoms in total. The van der Waals surface area contributed by atoms with Crippen molar-refractivity contribution >= 4 is 10.9 Å². The molecule has 2 heterocycles. The van der Waals surface area contributed by atoms with Gasteiger partial charge >= 0.3 is 0 Å². The number of nitrogens with two attached hydrogens (primary N) is 1. The normalized spacial score (nSPS) is 15.8. The van der Waals surface area contributed by atoms with E-state index in [1.54, 1.807) is 0 Å². The van der Waals surface area contributed by atoms with Gasteiger partial charge in [0, 0.05) is 37.1 Å². The summed E-state index contributed by atoms with van der Waals surface area (Å²) in [4.78, 5) is 7.24. The first-order chi connectivity index (χ1) is 9.10. The molecule has 1 aliphatic heterocycles. The molecule has 0 atom stereocenters. The zero-order valence-corrected chi connectivity index (χ0v) is 12.0. The molecular weight excluding hydrogens is 234 g/mol. The lowest BCUT2D eigenvalue weighted by molar-refractivity contribution is 0.309. The lowest BCUT2D eigenvalue weighted by atomic mass is 9.93. The Morgan fingerprint density at radius 1 is 1.32 bits per heavy atom. The minimum Gasteiger partial charge on any atom is -0.326 e. The Morgan fingerprint density at radius 2 is 2.11 bits per heavy atom. The molecule has 1 aliphatic rings. The molecule has 0 fully saturated rings. The largest absolute Gasteiger partial charge is 0.326 e. The molecule has 0 saturated carbocycles. The second-order valence-corrected chi connectivity index (χ2v) is 5.68. The molecule has 0 amide bonds. The van der Waals surface area contributed by atoms with Crippen LogP contribution in [-0.2, 0) is 19.5 Å². The number of benzene rings is 1. The minimum absolute atomic E-state index is 0.596. The third-order valence-corrected chi connectivity index (χ3v) is 4.09. The van der Waals surface area contributed by atoms with Crippen molar-refractivity contribution < 1.29 is 0 Å². The van der Waals surface area contributed by atoms with Crippen LogP contribution in [0.25, 0.3) is 10.9 Å². The first-order valence-electron chi connectivity index (χ1n) is 6.90. The first kappa shape index (κ1) is 12.6. The zero-order chi connectivity index (χ0) is 13.6. The highest BCUT2D eigenvalue weighted by Crippen LogP contribution is 2.30. The molecule has 0 bridgehead atoms. The molecule has 100 valence electrons. The minimum atomic E-state index is 0.596. The van der Waals surface area contributed by atoms with Gasteiger partial charge in [0.15, 0.2) is 0 Å². The van der Waals surface area contributed by atoms with Gasteiger partial charge < -0.3 is 10.6 Å². The Balaban J connectivity index is 2.36. The Labute approximate surface area is 114 Å². The molecule has 2 aromatic rings. The van der Waals surface area contributed by atoms with Crippen LogP contribution in [0, 0.1) is 13.8 Å². The van der Waals surface area contributed by atoms with E-state index in [2.05, 4.69) is 37.9 Å². The number of nitrogens with zero attached hydrogens (tertiary/aromatic N) is 2. The number of likely N-dealkylation sites (N-methyl/N-ethyl adjacent to an activating group) is 1. The van der Waals surface area contributed by atoms with Crippen molar-refractivity contribution in [2.45, 2.75) is 33.4 Å². The number of hydrogen-bond acceptors (Lipinski definition) is 3. The molecule has 1 aromatic heterocycles. The summed E-state index contributed by atoms with van der Waals surface area (Å²) in [6, 6.07) is 4.40. The van der Waals surface area contributed by atoms with E-state index in [4.69, 9.17) is 10.7 Å². The maximum atomic E-state index is 6.05. The van der Waals surface area contributed by atoms with Crippen molar-refractivity contribution in [1.82, 2.24) is 9.88 Å². The maximum absolute atomic E-state index is 6.05. The van der Waals surface area contributed by atoms with Crippen LogP contribution >= 0.6 is 0 Å². The SMILES string of the molecule is Cc1cc(C)c2c(CN)c3c(nc2c1)CCN(C)C3. The molecule has 0 radical (unpaired) electrons. The van der Waals surface area contributed by atoms with Crippen LogP contribution in [-0.4, -0.2) is 23.5 Å². The van der Waals surface area contributed by atoms with Crippen molar-refractivity contribution in [3.63, 3.8) is 0 Å². The molecule has 3 heteroatoms. The summed E-state index contributed by atoms with van der Waals surface area (Å²) in [6.45, 7) is 6.94. The van der Waals surface area contributed by atoms with Crippen LogP contribution in [0.3, 0.4) is 0 Å². The molecule has 0 saturated heterocycles. The third-order valence-electron chi connectivity index (χ3n) is 4.09. The second-order valence-electron chi connectivity index (χ2n) is 5.68. The number of hydrogen-bond donors (Lipinski definition) is 1. The fourth-order valence-corrected chi connectivity index (χ4v) is 3.23. The summed E-state index contributed by atoms with van der Waals surface area (Å²) in [7, 11) is 2.16. The highest BCUT2D eigenvalue weighted by Gasteiger charge is 2.20. The topological polar surface area (TPSA) is 42.1 Å². The molecule has 1 aromatic carbocycles. The molecule has 0 unspecified atom stereocenters. The number of pyridine rings is 1. The molecular formula is C16H21N3. The van der Waals surface area contributed by atoms with Gasteiger partial charge in [-0.25, -0.2) is 0 Å². The summed E-state index contributed by atoms with van der Waals surface area (Å²) < 4.78 is 0. The fourth-order valence-electron chi connectivity index (χ4n) is 3.23. The number of aryl methyl sites for hydroxylation is 2. The zero-order valence-electron chi connectivity index (χ0n) is 12.0. The quantitative estimate of drug-likeness (QED) is 0.850. The van der Waals surface area contributed by atoms with Gasteiger partial charge in [-0.15, -0.1) is 0 Å². The third kappa shape index (κ3) is 2.03. The maximum Gasteiger partial charge on any atom is 0.0714 e. The fraction of sp³-hybridized carbons (Fsp3) is 0.438. The monoisotopic (exact) mass is 255 g/mol. The second kappa shape index (κ2) is 4.58. The number of rotatable bonds is 1. The van der Waals surface area contributed by atoms with Crippen LogP contribution in [0.2, 0.25) is 0 Å². The van der Waals surface area contributed by atoms with E-state index in [1.807, 2.05) is 0 Å². The number of aromatic nitrogens is 1. The first-order valence-corrected chi connectivity index (χ1v) is 6.90. The average molecular weight is 255 g/mol. The van der Waals surface area contributed by atoms with Gasteiger partial charge in [0.1, 0.15) is 0 Å². The van der Waals surface area contributed by atoms with Crippen molar-refractivity contribution in [3.8, 4) is 0 Å². The van der Waals surface area contributed by atoms with Crippen LogP contribution in [0.1, 0.15) is 27.9 Å². The Kier molecular flexibility index (Phi) is 3.03. The van der Waals surface area contributed by atoms with E-state index >= 15 is 0 Å². The van der Waals surface area contributed by atoms with E-state index < -0.39 is 0 Å². The Hall–Kier alpha value is -1.45. The number of fused-ring (bicyclic) bond motifs is 2. The van der Waals surface area contributed by atoms with Crippen LogP contribution in [0.15, 0.2) is 12.1 Å². The summed E-state index contributed by atoms with van der Waals surface area (Å²) >= 11 is 0. The Bertz CT molecular complexity index is 646. The molecule has 2 N–H and O–H groups in total. The highest BCUT2D eigenvalue weighted by atomic mass is 15.1. The molecule has 3 rings (SSSR count). The summed E-state index contributed by atoms with van der Waals surface area (Å²) in [5.74, 6) is 0. The van der Waals surface area contributed by atoms with Crippen LogP contribution < -0.4 is 5.73 Å². The van der Waals surface area contributed by atoms with E-state index in [0.717, 1.165) is 25.0 Å². The predicted octanol–water partition coefficient (Wildman–Crippen LogP) is 2.30. The summed E-state index contributed by atoms with van der Waals surface area (Å²) in [5, 5.41) is 1.27. The van der Waals surface area contributed by atoms with Crippen molar-refractivity contribution in [2.75, 3.05) is 13.6 Å². The van der Waals surface area contributed by atoms with Crippen molar-refractivity contribution in [2.24, 2.45) is 5.73 Å². The molecule has 0 spiro atoms. The van der Waals surface area contributed by atoms with E-state index in [0.29, 0.717) is 6.54 Å². The highest BCUT2D eigenvalue weighted by molar-refractivity contribution is 5.87. The lowest BCUT2D eigenvalue weighted by Gasteiger charge is -2.27. The van der Waals surface area contributed by atoms with Gasteiger partial charge in [-0.2, -0.15) is 0 Å². The standard InChI is InChI=1S/C16H21N3/c1-10-6-11(2)16-12(8-17)13-9-19(3)5-4-14(13)18-15(16)7-10/h6-7H,4-5,8-9,17H2,1-3H3. The van der Waals surface area contributed by atoms with Crippen LogP contribution in [0.5, 0.6) is 0 Å². The van der Waals surface area contributed by atoms with E-state index in [-0.39, 0.29) is 0 Å². The molecule has 19 heavy (non-hydrogen) atoms. The average Bonchev–Trinajstić information content (AvgIpc) is 2.36. The van der Waals surface area contributed by atoms with Gasteiger partial charge in [0.25, 0.3) is 0 Å². The predicted molar refractivity (Wildman–Crippen MR) is 79.1 cm³/mol. The van der Waals surface area contributed by atoms with Gasteiger partial charge in [0.2, 0.25) is 0 Å². The van der Waals surface area contributed by atoms with E-state index in [1.165, 1.54) is 33.3 Å². The van der Waals surface area contributed by atoms with Crippen molar-refractivity contribution in [3.05, 3.63) is 40.1 Å². The summed E-state index contributed by atoms with van der Waals surface area (Å²) in [6.07, 6.45) is 1.03. The van der Waals surface area contributed by atoms with E-state index in [9.17, 15) is 0 Å². The van der Waals surface area contributed by atoms with Gasteiger partial charge in [-0.1, -0.05) is 6.07 Å². The Morgan fingerprint density at radius 3 is 2.84 bits per heavy atom. The van der Waals surface area contributed by atoms with Gasteiger partial charge in [0.05, 0.1) is 5.52 Å². The molecule has 0 aliphatic carbocycles. The van der Waals surface area contributed by atoms with Gasteiger partial charge in [-0.3, -0.25) is 4.98 Å². The van der Waals surface area contributed by atoms with Crippen molar-refractivity contribution in [1.29, 1.82) is 0 Å².